The number of carbonyl (C=O) groups is 1. The molecule has 0 fully saturated rings. The Hall–Kier alpha value is -2.75. The number of halogens is 1. The molecule has 0 bridgehead atoms. The van der Waals surface area contributed by atoms with Gasteiger partial charge in [-0.25, -0.2) is 13.1 Å². The maximum absolute atomic E-state index is 13.5. The second-order valence-corrected chi connectivity index (χ2v) is 15.7. The number of aryl methyl sites for hydroxylation is 1. The van der Waals surface area contributed by atoms with Crippen LogP contribution in [-0.2, 0) is 27.8 Å². The first kappa shape index (κ1) is 30.7. The normalized spacial score (nSPS) is 16.2. The second kappa shape index (κ2) is 12.9. The minimum atomic E-state index is -3.89. The van der Waals surface area contributed by atoms with Gasteiger partial charge < -0.3 is 10.6 Å². The van der Waals surface area contributed by atoms with E-state index in [0.717, 1.165) is 53.6 Å². The Morgan fingerprint density at radius 1 is 1.05 bits per heavy atom. The lowest BCUT2D eigenvalue weighted by Gasteiger charge is -2.28. The summed E-state index contributed by atoms with van der Waals surface area (Å²) in [4.78, 5) is 13.4. The van der Waals surface area contributed by atoms with E-state index in [0.29, 0.717) is 5.02 Å². The highest BCUT2D eigenvalue weighted by atomic mass is 35.5. The summed E-state index contributed by atoms with van der Waals surface area (Å²) >= 11 is 7.29. The molecule has 42 heavy (non-hydrogen) atoms. The lowest BCUT2D eigenvalue weighted by Crippen LogP contribution is -2.36. The van der Waals surface area contributed by atoms with Gasteiger partial charge in [-0.3, -0.25) is 4.79 Å². The number of nitrogens with one attached hydrogen (secondary N) is 3. The second-order valence-electron chi connectivity index (χ2n) is 12.2. The number of hydrogen-bond acceptors (Lipinski definition) is 5. The van der Waals surface area contributed by atoms with Gasteiger partial charge in [-0.15, -0.1) is 11.3 Å². The zero-order valence-corrected chi connectivity index (χ0v) is 26.6. The Kier molecular flexibility index (Phi) is 9.40. The van der Waals surface area contributed by atoms with Crippen molar-refractivity contribution in [1.82, 2.24) is 15.4 Å². The maximum atomic E-state index is 13.5. The molecule has 0 aliphatic heterocycles. The van der Waals surface area contributed by atoms with E-state index in [1.54, 1.807) is 18.2 Å². The van der Waals surface area contributed by atoms with Crippen LogP contribution in [0, 0.1) is 5.41 Å². The van der Waals surface area contributed by atoms with Crippen LogP contribution in [0.1, 0.15) is 74.4 Å². The van der Waals surface area contributed by atoms with E-state index >= 15 is 0 Å². The number of benzene rings is 3. The summed E-state index contributed by atoms with van der Waals surface area (Å²) < 4.78 is 30.8. The van der Waals surface area contributed by atoms with Crippen molar-refractivity contribution in [2.75, 3.05) is 6.54 Å². The van der Waals surface area contributed by atoms with Crippen molar-refractivity contribution < 1.29 is 13.2 Å². The minimum absolute atomic E-state index is 0.0133. The van der Waals surface area contributed by atoms with Crippen LogP contribution in [0.15, 0.2) is 77.0 Å². The summed E-state index contributed by atoms with van der Waals surface area (Å²) in [5.41, 5.74) is 4.62. The van der Waals surface area contributed by atoms with Crippen molar-refractivity contribution in [3.63, 3.8) is 0 Å². The molecule has 0 saturated carbocycles. The number of fused-ring (bicyclic) bond motifs is 2. The molecule has 3 aromatic carbocycles. The highest BCUT2D eigenvalue weighted by molar-refractivity contribution is 7.91. The Bertz CT molecular complexity index is 1660. The zero-order chi connectivity index (χ0) is 29.9. The van der Waals surface area contributed by atoms with Gasteiger partial charge in [0.2, 0.25) is 5.91 Å². The van der Waals surface area contributed by atoms with Gasteiger partial charge in [-0.05, 0) is 76.6 Å². The molecule has 1 aromatic heterocycles. The molecule has 4 aromatic rings. The van der Waals surface area contributed by atoms with E-state index in [-0.39, 0.29) is 28.0 Å². The van der Waals surface area contributed by atoms with E-state index < -0.39 is 16.1 Å². The van der Waals surface area contributed by atoms with Gasteiger partial charge >= 0.3 is 0 Å². The fourth-order valence-electron chi connectivity index (χ4n) is 5.43. The number of amides is 1. The topological polar surface area (TPSA) is 87.3 Å². The molecule has 3 N–H and O–H groups in total. The van der Waals surface area contributed by atoms with E-state index in [9.17, 15) is 13.2 Å². The van der Waals surface area contributed by atoms with Gasteiger partial charge in [-0.2, -0.15) is 0 Å². The lowest BCUT2D eigenvalue weighted by atomic mass is 9.86. The molecular formula is C33H38ClN3O3S2. The van der Waals surface area contributed by atoms with Crippen LogP contribution in [0.5, 0.6) is 0 Å². The summed E-state index contributed by atoms with van der Waals surface area (Å²) in [6.45, 7) is 8.40. The Morgan fingerprint density at radius 2 is 1.83 bits per heavy atom. The summed E-state index contributed by atoms with van der Waals surface area (Å²) in [5.74, 6) is -0.191. The Labute approximate surface area is 257 Å². The fourth-order valence-corrected chi connectivity index (χ4v) is 8.23. The molecule has 1 amide bonds. The molecule has 6 nitrogen and oxygen atoms in total. The third-order valence-corrected chi connectivity index (χ3v) is 10.7. The molecule has 1 aliphatic carbocycles. The maximum Gasteiger partial charge on any atom is 0.250 e. The quantitative estimate of drug-likeness (QED) is 0.173. The van der Waals surface area contributed by atoms with Gasteiger partial charge in [0.15, 0.2) is 0 Å². The van der Waals surface area contributed by atoms with Crippen LogP contribution in [0.4, 0.5) is 0 Å². The zero-order valence-electron chi connectivity index (χ0n) is 24.2. The van der Waals surface area contributed by atoms with Crippen LogP contribution < -0.4 is 15.4 Å². The van der Waals surface area contributed by atoms with Gasteiger partial charge in [-0.1, -0.05) is 80.9 Å². The standard InChI is InChI=1S/C33H38ClN3O3S2/c1-33(2,3)21-35-20-22-12-14-27-24(16-22)10-7-11-28(27)36-31(38)19-29(23-8-5-4-6-9-23)37-42(39,40)32-18-25-17-26(34)13-15-30(25)41-32/h4-6,8-9,12-18,28-29,35,37H,7,10-11,19-21H2,1-3H3,(H,36,38)/t28-,29-/m1/s1. The first-order valence-corrected chi connectivity index (χ1v) is 17.0. The smallest absolute Gasteiger partial charge is 0.250 e. The van der Waals surface area contributed by atoms with Crippen molar-refractivity contribution in [3.05, 3.63) is 100 Å². The minimum Gasteiger partial charge on any atom is -0.349 e. The Morgan fingerprint density at radius 3 is 2.60 bits per heavy atom. The predicted octanol–water partition coefficient (Wildman–Crippen LogP) is 7.29. The molecule has 2 atom stereocenters. The van der Waals surface area contributed by atoms with Gasteiger partial charge in [0, 0.05) is 29.2 Å². The van der Waals surface area contributed by atoms with E-state index in [4.69, 9.17) is 11.6 Å². The first-order chi connectivity index (χ1) is 20.0. The number of thiophene rings is 1. The molecule has 0 unspecified atom stereocenters. The van der Waals surface area contributed by atoms with Crippen molar-refractivity contribution in [2.24, 2.45) is 5.41 Å². The van der Waals surface area contributed by atoms with Crippen LogP contribution in [-0.4, -0.2) is 20.9 Å². The summed E-state index contributed by atoms with van der Waals surface area (Å²) in [5, 5.41) is 8.07. The molecule has 222 valence electrons. The highest BCUT2D eigenvalue weighted by Crippen LogP contribution is 2.33. The lowest BCUT2D eigenvalue weighted by molar-refractivity contribution is -0.122. The van der Waals surface area contributed by atoms with Crippen LogP contribution >= 0.6 is 22.9 Å². The Balaban J connectivity index is 1.30. The van der Waals surface area contributed by atoms with E-state index in [2.05, 4.69) is 54.3 Å². The molecule has 0 saturated heterocycles. The molecule has 1 aliphatic rings. The third-order valence-electron chi connectivity index (χ3n) is 7.45. The van der Waals surface area contributed by atoms with E-state index in [1.165, 1.54) is 22.5 Å². The molecule has 1 heterocycles. The number of hydrogen-bond donors (Lipinski definition) is 3. The molecule has 9 heteroatoms. The van der Waals surface area contributed by atoms with Gasteiger partial charge in [0.25, 0.3) is 10.0 Å². The van der Waals surface area contributed by atoms with Gasteiger partial charge in [0.05, 0.1) is 12.1 Å². The summed E-state index contributed by atoms with van der Waals surface area (Å²) in [6.07, 6.45) is 2.82. The first-order valence-electron chi connectivity index (χ1n) is 14.3. The molecular weight excluding hydrogens is 586 g/mol. The van der Waals surface area contributed by atoms with Gasteiger partial charge in [0.1, 0.15) is 4.21 Å². The van der Waals surface area contributed by atoms with Crippen LogP contribution in [0.25, 0.3) is 10.1 Å². The van der Waals surface area contributed by atoms with Crippen molar-refractivity contribution in [1.29, 1.82) is 0 Å². The number of sulfonamides is 1. The number of rotatable bonds is 10. The van der Waals surface area contributed by atoms with Crippen LogP contribution in [0.3, 0.4) is 0 Å². The average Bonchev–Trinajstić information content (AvgIpc) is 3.37. The average molecular weight is 624 g/mol. The SMILES string of the molecule is CC(C)(C)CNCc1ccc2c(c1)CCC[C@H]2NC(=O)C[C@@H](NS(=O)(=O)c1cc2cc(Cl)ccc2s1)c1ccccc1. The van der Waals surface area contributed by atoms with Crippen molar-refractivity contribution in [3.8, 4) is 0 Å². The van der Waals surface area contributed by atoms with Crippen molar-refractivity contribution >= 4 is 49.0 Å². The molecule has 0 radical (unpaired) electrons. The highest BCUT2D eigenvalue weighted by Gasteiger charge is 2.28. The predicted molar refractivity (Wildman–Crippen MR) is 172 cm³/mol. The van der Waals surface area contributed by atoms with E-state index in [1.807, 2.05) is 36.4 Å². The van der Waals surface area contributed by atoms with Crippen LogP contribution in [0.2, 0.25) is 5.02 Å². The largest absolute Gasteiger partial charge is 0.349 e. The summed E-state index contributed by atoms with van der Waals surface area (Å²) in [7, 11) is -3.89. The fraction of sp³-hybridized carbons (Fsp3) is 0.364. The van der Waals surface area contributed by atoms with Crippen molar-refractivity contribution in [2.45, 2.75) is 69.3 Å². The molecule has 5 rings (SSSR count). The summed E-state index contributed by atoms with van der Waals surface area (Å²) in [6, 6.07) is 21.9. The molecule has 0 spiro atoms. The number of carbonyl (C=O) groups excluding carboxylic acids is 1. The third kappa shape index (κ3) is 7.79. The monoisotopic (exact) mass is 623 g/mol.